The number of hydrogen-bond acceptors (Lipinski definition) is 3. The number of carbonyl (C=O) groups is 1. The van der Waals surface area contributed by atoms with Crippen molar-refractivity contribution in [2.75, 3.05) is 13.1 Å². The van der Waals surface area contributed by atoms with E-state index in [2.05, 4.69) is 0 Å². The molecule has 0 saturated carbocycles. The van der Waals surface area contributed by atoms with Gasteiger partial charge >= 0.3 is 12.1 Å². The zero-order valence-electron chi connectivity index (χ0n) is 6.45. The lowest BCUT2D eigenvalue weighted by Crippen LogP contribution is -2.40. The highest BCUT2D eigenvalue weighted by Crippen LogP contribution is 2.21. The van der Waals surface area contributed by atoms with Gasteiger partial charge in [0.2, 0.25) is 0 Å². The fourth-order valence-electron chi connectivity index (χ4n) is 1.11. The van der Waals surface area contributed by atoms with E-state index in [0.717, 1.165) is 0 Å². The molecule has 1 fully saturated rings. The first-order valence-corrected chi connectivity index (χ1v) is 3.54. The van der Waals surface area contributed by atoms with E-state index in [-0.39, 0.29) is 0 Å². The van der Waals surface area contributed by atoms with Gasteiger partial charge in [0.25, 0.3) is 0 Å². The van der Waals surface area contributed by atoms with Crippen molar-refractivity contribution >= 4 is 5.91 Å². The van der Waals surface area contributed by atoms with Gasteiger partial charge in [-0.15, -0.1) is 0 Å². The number of carbonyl (C=O) groups excluding carboxylic acids is 1. The van der Waals surface area contributed by atoms with Crippen LogP contribution in [0.3, 0.4) is 0 Å². The van der Waals surface area contributed by atoms with Crippen LogP contribution in [0.25, 0.3) is 0 Å². The molecule has 0 aromatic rings. The van der Waals surface area contributed by atoms with Crippen LogP contribution >= 0.6 is 0 Å². The molecule has 1 aliphatic heterocycles. The summed E-state index contributed by atoms with van der Waals surface area (Å²) in [5.41, 5.74) is 0. The topological polar surface area (TPSA) is 60.8 Å². The van der Waals surface area contributed by atoms with Gasteiger partial charge in [-0.25, -0.2) is 0 Å². The smallest absolute Gasteiger partial charge is 0.388 e. The maximum absolute atomic E-state index is 11.8. The summed E-state index contributed by atoms with van der Waals surface area (Å²) in [5.74, 6) is -2.02. The van der Waals surface area contributed by atoms with E-state index in [0.29, 0.717) is 4.90 Å². The van der Waals surface area contributed by atoms with Gasteiger partial charge in [-0.3, -0.25) is 4.79 Å². The molecule has 0 aliphatic carbocycles. The number of nitrogens with zero attached hydrogens (tertiary/aromatic N) is 1. The van der Waals surface area contributed by atoms with Crippen molar-refractivity contribution in [2.45, 2.75) is 18.4 Å². The molecule has 13 heavy (non-hydrogen) atoms. The van der Waals surface area contributed by atoms with Crippen molar-refractivity contribution in [3.63, 3.8) is 0 Å². The standard InChI is InChI=1S/C6H8F3NO3/c7-6(8,9)5(13)10-1-3(11)4(12)2-10/h3-4,11-12H,1-2H2/t3-,4+. The van der Waals surface area contributed by atoms with Crippen LogP contribution in [-0.4, -0.2) is 52.5 Å². The first kappa shape index (κ1) is 10.3. The molecule has 0 aromatic carbocycles. The molecule has 1 saturated heterocycles. The van der Waals surface area contributed by atoms with Crippen LogP contribution in [0.15, 0.2) is 0 Å². The van der Waals surface area contributed by atoms with Gasteiger partial charge in [0.05, 0.1) is 12.2 Å². The molecule has 0 unspecified atom stereocenters. The number of aliphatic hydroxyl groups is 2. The van der Waals surface area contributed by atoms with Gasteiger partial charge in [-0.2, -0.15) is 13.2 Å². The van der Waals surface area contributed by atoms with Crippen LogP contribution in [0.5, 0.6) is 0 Å². The highest BCUT2D eigenvalue weighted by atomic mass is 19.4. The van der Waals surface area contributed by atoms with Crippen LogP contribution in [0.2, 0.25) is 0 Å². The molecule has 0 spiro atoms. The lowest BCUT2D eigenvalue weighted by molar-refractivity contribution is -0.184. The van der Waals surface area contributed by atoms with E-state index in [1.165, 1.54) is 0 Å². The number of alkyl halides is 3. The molecule has 0 radical (unpaired) electrons. The van der Waals surface area contributed by atoms with Gasteiger partial charge in [0, 0.05) is 13.1 Å². The van der Waals surface area contributed by atoms with Crippen LogP contribution in [-0.2, 0) is 4.79 Å². The minimum atomic E-state index is -4.94. The van der Waals surface area contributed by atoms with Gasteiger partial charge in [0.1, 0.15) is 0 Å². The summed E-state index contributed by atoms with van der Waals surface area (Å²) >= 11 is 0. The molecule has 1 heterocycles. The van der Waals surface area contributed by atoms with Crippen molar-refractivity contribution in [2.24, 2.45) is 0 Å². The first-order chi connectivity index (χ1) is 5.82. The van der Waals surface area contributed by atoms with Crippen molar-refractivity contribution < 1.29 is 28.2 Å². The second kappa shape index (κ2) is 3.15. The second-order valence-corrected chi connectivity index (χ2v) is 2.84. The van der Waals surface area contributed by atoms with E-state index in [1.54, 1.807) is 0 Å². The Balaban J connectivity index is 2.61. The third-order valence-corrected chi connectivity index (χ3v) is 1.79. The number of β-amino-alcohol motifs (C(OH)–C–C–N with tert-alkyl or cyclic N) is 2. The summed E-state index contributed by atoms with van der Waals surface area (Å²) in [6.45, 7) is -0.945. The minimum absolute atomic E-state index is 0.384. The summed E-state index contributed by atoms with van der Waals surface area (Å²) in [6, 6.07) is 0. The molecular formula is C6H8F3NO3. The molecule has 1 aliphatic rings. The maximum atomic E-state index is 11.8. The number of likely N-dealkylation sites (tertiary alicyclic amines) is 1. The third kappa shape index (κ3) is 2.10. The predicted octanol–water partition coefficient (Wildman–Crippen LogP) is -0.887. The largest absolute Gasteiger partial charge is 0.471 e. The van der Waals surface area contributed by atoms with Crippen molar-refractivity contribution in [3.05, 3.63) is 0 Å². The SMILES string of the molecule is O=C(N1C[C@@H](O)[C@@H](O)C1)C(F)(F)F. The van der Waals surface area contributed by atoms with Gasteiger partial charge in [-0.1, -0.05) is 0 Å². The summed E-state index contributed by atoms with van der Waals surface area (Å²) in [5, 5.41) is 17.7. The third-order valence-electron chi connectivity index (χ3n) is 1.79. The number of rotatable bonds is 0. The van der Waals surface area contributed by atoms with E-state index in [4.69, 9.17) is 10.2 Å². The summed E-state index contributed by atoms with van der Waals surface area (Å²) < 4.78 is 35.4. The van der Waals surface area contributed by atoms with Gasteiger partial charge in [0.15, 0.2) is 0 Å². The monoisotopic (exact) mass is 199 g/mol. The highest BCUT2D eigenvalue weighted by Gasteiger charge is 2.46. The minimum Gasteiger partial charge on any atom is -0.388 e. The van der Waals surface area contributed by atoms with Crippen molar-refractivity contribution in [3.8, 4) is 0 Å². The van der Waals surface area contributed by atoms with Gasteiger partial charge < -0.3 is 15.1 Å². The molecule has 4 nitrogen and oxygen atoms in total. The van der Waals surface area contributed by atoms with Crippen LogP contribution in [0, 0.1) is 0 Å². The highest BCUT2D eigenvalue weighted by molar-refractivity contribution is 5.82. The van der Waals surface area contributed by atoms with Gasteiger partial charge in [-0.05, 0) is 0 Å². The molecule has 1 rings (SSSR count). The van der Waals surface area contributed by atoms with E-state index >= 15 is 0 Å². The molecule has 0 aromatic heterocycles. The Morgan fingerprint density at radius 3 is 1.92 bits per heavy atom. The van der Waals surface area contributed by atoms with Crippen molar-refractivity contribution in [1.29, 1.82) is 0 Å². The van der Waals surface area contributed by atoms with E-state index < -0.39 is 37.4 Å². The molecule has 0 bridgehead atoms. The Bertz CT molecular complexity index is 208. The summed E-state index contributed by atoms with van der Waals surface area (Å²) in [7, 11) is 0. The Kier molecular flexibility index (Phi) is 2.49. The summed E-state index contributed by atoms with van der Waals surface area (Å²) in [4.78, 5) is 10.9. The average molecular weight is 199 g/mol. The van der Waals surface area contributed by atoms with Crippen LogP contribution in [0.1, 0.15) is 0 Å². The zero-order chi connectivity index (χ0) is 10.2. The lowest BCUT2D eigenvalue weighted by Gasteiger charge is -2.16. The Hall–Kier alpha value is -0.820. The molecule has 2 atom stereocenters. The molecule has 76 valence electrons. The number of aliphatic hydroxyl groups excluding tert-OH is 2. The average Bonchev–Trinajstić information content (AvgIpc) is 2.29. The Morgan fingerprint density at radius 2 is 1.62 bits per heavy atom. The molecule has 7 heteroatoms. The Morgan fingerprint density at radius 1 is 1.23 bits per heavy atom. The molecular weight excluding hydrogens is 191 g/mol. The lowest BCUT2D eigenvalue weighted by atomic mass is 10.3. The fraction of sp³-hybridized carbons (Fsp3) is 0.833. The maximum Gasteiger partial charge on any atom is 0.471 e. The number of halogens is 3. The normalized spacial score (nSPS) is 29.5. The summed E-state index contributed by atoms with van der Waals surface area (Å²) in [6.07, 6.45) is -7.51. The fourth-order valence-corrected chi connectivity index (χ4v) is 1.11. The van der Waals surface area contributed by atoms with Crippen molar-refractivity contribution in [1.82, 2.24) is 4.90 Å². The van der Waals surface area contributed by atoms with Crippen LogP contribution in [0.4, 0.5) is 13.2 Å². The zero-order valence-corrected chi connectivity index (χ0v) is 6.45. The number of amides is 1. The quantitative estimate of drug-likeness (QED) is 0.532. The molecule has 2 N–H and O–H groups in total. The second-order valence-electron chi connectivity index (χ2n) is 2.84. The van der Waals surface area contributed by atoms with E-state index in [1.807, 2.05) is 0 Å². The molecule has 1 amide bonds. The predicted molar refractivity (Wildman–Crippen MR) is 34.6 cm³/mol. The Labute approximate surface area is 71.6 Å². The van der Waals surface area contributed by atoms with E-state index in [9.17, 15) is 18.0 Å². The number of hydrogen-bond donors (Lipinski definition) is 2. The first-order valence-electron chi connectivity index (χ1n) is 3.54. The van der Waals surface area contributed by atoms with Crippen LogP contribution < -0.4 is 0 Å².